The number of rotatable bonds is 2. The maximum absolute atomic E-state index is 12.3. The van der Waals surface area contributed by atoms with Gasteiger partial charge in [0, 0.05) is 11.0 Å². The Balaban J connectivity index is 2.78. The van der Waals surface area contributed by atoms with Gasteiger partial charge in [0.15, 0.2) is 0 Å². The van der Waals surface area contributed by atoms with Gasteiger partial charge in [0.05, 0.1) is 0 Å². The third kappa shape index (κ3) is 2.66. The third-order valence-corrected chi connectivity index (χ3v) is 3.77. The second kappa shape index (κ2) is 4.23. The first-order valence-corrected chi connectivity index (χ1v) is 6.14. The topological polar surface area (TPSA) is 29.1 Å². The lowest BCUT2D eigenvalue weighted by atomic mass is 9.79. The molecule has 2 nitrogen and oxygen atoms in total. The van der Waals surface area contributed by atoms with E-state index in [1.54, 1.807) is 0 Å². The molecule has 92 valence electrons. The fourth-order valence-electron chi connectivity index (χ4n) is 2.52. The summed E-state index contributed by atoms with van der Waals surface area (Å²) in [6, 6.07) is 0. The van der Waals surface area contributed by atoms with Crippen molar-refractivity contribution in [2.24, 2.45) is 17.3 Å². The van der Waals surface area contributed by atoms with Gasteiger partial charge in [-0.05, 0) is 45.4 Å². The van der Waals surface area contributed by atoms with Gasteiger partial charge in [-0.15, -0.1) is 6.58 Å². The predicted molar refractivity (Wildman–Crippen MR) is 68.1 cm³/mol. The Kier molecular flexibility index (Phi) is 3.51. The van der Waals surface area contributed by atoms with Crippen LogP contribution in [0.1, 0.15) is 47.5 Å². The summed E-state index contributed by atoms with van der Waals surface area (Å²) >= 11 is 0. The molecule has 0 aliphatic heterocycles. The summed E-state index contributed by atoms with van der Waals surface area (Å²) < 4.78 is 0. The van der Waals surface area contributed by atoms with E-state index in [2.05, 4.69) is 25.7 Å². The summed E-state index contributed by atoms with van der Waals surface area (Å²) in [6.45, 7) is 14.2. The molecule has 1 aliphatic carbocycles. The minimum Gasteiger partial charge on any atom is -0.351 e. The van der Waals surface area contributed by atoms with Crippen molar-refractivity contribution in [3.05, 3.63) is 12.7 Å². The van der Waals surface area contributed by atoms with Crippen molar-refractivity contribution < 1.29 is 4.79 Å². The van der Waals surface area contributed by atoms with E-state index < -0.39 is 0 Å². The molecule has 0 spiro atoms. The summed E-state index contributed by atoms with van der Waals surface area (Å²) in [5.74, 6) is 1.11. The normalized spacial score (nSPS) is 34.8. The minimum absolute atomic E-state index is 0.147. The highest BCUT2D eigenvalue weighted by molar-refractivity contribution is 5.83. The molecule has 1 fully saturated rings. The third-order valence-electron chi connectivity index (χ3n) is 3.77. The first-order valence-electron chi connectivity index (χ1n) is 6.14. The lowest BCUT2D eigenvalue weighted by Gasteiger charge is -2.32. The summed E-state index contributed by atoms with van der Waals surface area (Å²) in [5, 5.41) is 3.10. The van der Waals surface area contributed by atoms with Crippen LogP contribution in [0.2, 0.25) is 0 Å². The molecule has 3 unspecified atom stereocenters. The van der Waals surface area contributed by atoms with E-state index in [0.29, 0.717) is 11.8 Å². The summed E-state index contributed by atoms with van der Waals surface area (Å²) in [7, 11) is 0. The van der Waals surface area contributed by atoms with Gasteiger partial charge in [-0.3, -0.25) is 4.79 Å². The van der Waals surface area contributed by atoms with Gasteiger partial charge >= 0.3 is 0 Å². The van der Waals surface area contributed by atoms with Gasteiger partial charge in [0.1, 0.15) is 0 Å². The van der Waals surface area contributed by atoms with Crippen LogP contribution in [0.25, 0.3) is 0 Å². The zero-order chi connectivity index (χ0) is 12.6. The molecule has 2 heteroatoms. The molecule has 0 aromatic rings. The number of allylic oxidation sites excluding steroid dienone is 1. The molecular weight excluding hydrogens is 198 g/mol. The van der Waals surface area contributed by atoms with Crippen molar-refractivity contribution in [2.45, 2.75) is 53.0 Å². The van der Waals surface area contributed by atoms with Crippen LogP contribution in [-0.2, 0) is 4.79 Å². The van der Waals surface area contributed by atoms with Crippen LogP contribution in [0.5, 0.6) is 0 Å². The smallest absolute Gasteiger partial charge is 0.226 e. The van der Waals surface area contributed by atoms with Gasteiger partial charge in [-0.1, -0.05) is 19.9 Å². The molecule has 1 N–H and O–H groups in total. The van der Waals surface area contributed by atoms with E-state index in [-0.39, 0.29) is 16.9 Å². The molecule has 0 saturated heterocycles. The largest absolute Gasteiger partial charge is 0.351 e. The van der Waals surface area contributed by atoms with Crippen molar-refractivity contribution in [1.82, 2.24) is 5.32 Å². The van der Waals surface area contributed by atoms with Crippen molar-refractivity contribution in [1.29, 1.82) is 0 Å². The Bertz CT molecular complexity index is 290. The number of nitrogens with one attached hydrogen (secondary N) is 1. The van der Waals surface area contributed by atoms with Crippen LogP contribution < -0.4 is 5.32 Å². The van der Waals surface area contributed by atoms with Gasteiger partial charge in [-0.2, -0.15) is 0 Å². The quantitative estimate of drug-likeness (QED) is 0.716. The second-order valence-electron chi connectivity index (χ2n) is 6.46. The highest BCUT2D eigenvalue weighted by atomic mass is 16.2. The Hall–Kier alpha value is -0.790. The van der Waals surface area contributed by atoms with E-state index in [4.69, 9.17) is 0 Å². The maximum Gasteiger partial charge on any atom is 0.226 e. The van der Waals surface area contributed by atoms with E-state index in [0.717, 1.165) is 12.8 Å². The van der Waals surface area contributed by atoms with Crippen LogP contribution in [0, 0.1) is 17.3 Å². The van der Waals surface area contributed by atoms with E-state index in [9.17, 15) is 4.79 Å². The van der Waals surface area contributed by atoms with Crippen molar-refractivity contribution >= 4 is 5.91 Å². The number of hydrogen-bond acceptors (Lipinski definition) is 1. The summed E-state index contributed by atoms with van der Waals surface area (Å²) in [6.07, 6.45) is 4.00. The predicted octanol–water partition coefficient (Wildman–Crippen LogP) is 3.14. The fourth-order valence-corrected chi connectivity index (χ4v) is 2.52. The van der Waals surface area contributed by atoms with Crippen LogP contribution in [0.3, 0.4) is 0 Å². The molecule has 0 aromatic carbocycles. The fraction of sp³-hybridized carbons (Fsp3) is 0.786. The van der Waals surface area contributed by atoms with Gasteiger partial charge in [-0.25, -0.2) is 0 Å². The number of carbonyl (C=O) groups is 1. The average molecular weight is 223 g/mol. The highest BCUT2D eigenvalue weighted by Crippen LogP contribution is 2.46. The Labute approximate surface area is 99.5 Å². The van der Waals surface area contributed by atoms with Gasteiger partial charge in [0.25, 0.3) is 0 Å². The van der Waals surface area contributed by atoms with Crippen molar-refractivity contribution in [3.8, 4) is 0 Å². The van der Waals surface area contributed by atoms with Crippen molar-refractivity contribution in [3.63, 3.8) is 0 Å². The second-order valence-corrected chi connectivity index (χ2v) is 6.46. The zero-order valence-corrected chi connectivity index (χ0v) is 11.3. The molecule has 16 heavy (non-hydrogen) atoms. The number of carbonyl (C=O) groups excluding carboxylic acids is 1. The highest BCUT2D eigenvalue weighted by Gasteiger charge is 2.46. The Morgan fingerprint density at radius 1 is 1.50 bits per heavy atom. The van der Waals surface area contributed by atoms with E-state index >= 15 is 0 Å². The average Bonchev–Trinajstić information content (AvgIpc) is 2.41. The molecule has 0 aromatic heterocycles. The minimum atomic E-state index is -0.230. The van der Waals surface area contributed by atoms with Gasteiger partial charge < -0.3 is 5.32 Å². The Morgan fingerprint density at radius 2 is 2.06 bits per heavy atom. The molecule has 0 bridgehead atoms. The van der Waals surface area contributed by atoms with Crippen LogP contribution in [-0.4, -0.2) is 11.4 Å². The van der Waals surface area contributed by atoms with Crippen LogP contribution in [0.15, 0.2) is 12.7 Å². The molecule has 1 rings (SSSR count). The summed E-state index contributed by atoms with van der Waals surface area (Å²) in [5.41, 5.74) is -0.377. The molecule has 0 heterocycles. The molecule has 3 atom stereocenters. The van der Waals surface area contributed by atoms with Crippen LogP contribution in [0.4, 0.5) is 0 Å². The number of amides is 1. The lowest BCUT2D eigenvalue weighted by molar-refractivity contribution is -0.133. The number of hydrogen-bond donors (Lipinski definition) is 1. The lowest BCUT2D eigenvalue weighted by Crippen LogP contribution is -2.49. The summed E-state index contributed by atoms with van der Waals surface area (Å²) in [4.78, 5) is 12.3. The first kappa shape index (κ1) is 13.3. The molecule has 0 radical (unpaired) electrons. The Morgan fingerprint density at radius 3 is 2.44 bits per heavy atom. The maximum atomic E-state index is 12.3. The molecular formula is C14H25NO. The van der Waals surface area contributed by atoms with Crippen LogP contribution >= 0.6 is 0 Å². The SMILES string of the molecule is C=CC1CC(C)C(C)(C(=O)NC(C)(C)C)C1. The molecule has 1 aliphatic rings. The monoisotopic (exact) mass is 223 g/mol. The van der Waals surface area contributed by atoms with Gasteiger partial charge in [0.2, 0.25) is 5.91 Å². The van der Waals surface area contributed by atoms with E-state index in [1.807, 2.05) is 26.8 Å². The standard InChI is InChI=1S/C14H25NO/c1-7-11-8-10(2)14(6,9-11)12(16)15-13(3,4)5/h7,10-11H,1,8-9H2,2-6H3,(H,15,16). The zero-order valence-electron chi connectivity index (χ0n) is 11.3. The molecule has 1 amide bonds. The van der Waals surface area contributed by atoms with E-state index in [1.165, 1.54) is 0 Å². The first-order chi connectivity index (χ1) is 7.19. The van der Waals surface area contributed by atoms with Crippen molar-refractivity contribution in [2.75, 3.05) is 0 Å². The molecule has 1 saturated carbocycles.